The SMILES string of the molecule is Cc1cc(-c2ccc(N)c(S)c2)ccc1N. The molecular formula is C13H14N2S. The van der Waals surface area contributed by atoms with Gasteiger partial charge in [0, 0.05) is 16.3 Å². The molecule has 3 heteroatoms. The monoisotopic (exact) mass is 230 g/mol. The third-order valence-corrected chi connectivity index (χ3v) is 3.02. The number of nitrogen functional groups attached to an aromatic ring is 2. The summed E-state index contributed by atoms with van der Waals surface area (Å²) in [5.74, 6) is 0. The lowest BCUT2D eigenvalue weighted by atomic mass is 10.0. The first-order valence-corrected chi connectivity index (χ1v) is 5.47. The van der Waals surface area contributed by atoms with Crippen molar-refractivity contribution in [1.82, 2.24) is 0 Å². The van der Waals surface area contributed by atoms with Gasteiger partial charge < -0.3 is 11.5 Å². The summed E-state index contributed by atoms with van der Waals surface area (Å²) in [4.78, 5) is 0.798. The van der Waals surface area contributed by atoms with Gasteiger partial charge >= 0.3 is 0 Å². The molecule has 0 aliphatic rings. The molecule has 82 valence electrons. The zero-order valence-electron chi connectivity index (χ0n) is 9.07. The summed E-state index contributed by atoms with van der Waals surface area (Å²) in [7, 11) is 0. The molecule has 2 nitrogen and oxygen atoms in total. The van der Waals surface area contributed by atoms with Crippen LogP contribution in [-0.4, -0.2) is 0 Å². The van der Waals surface area contributed by atoms with Crippen LogP contribution in [0.5, 0.6) is 0 Å². The molecule has 0 atom stereocenters. The Morgan fingerprint density at radius 3 is 2.00 bits per heavy atom. The minimum absolute atomic E-state index is 0.694. The lowest BCUT2D eigenvalue weighted by molar-refractivity contribution is 1.43. The van der Waals surface area contributed by atoms with Gasteiger partial charge in [0.2, 0.25) is 0 Å². The Hall–Kier alpha value is -1.61. The molecule has 0 heterocycles. The standard InChI is InChI=1S/C13H14N2S/c1-8-6-9(2-4-11(8)14)10-3-5-12(15)13(16)7-10/h2-7,16H,14-15H2,1H3. The highest BCUT2D eigenvalue weighted by atomic mass is 32.1. The van der Waals surface area contributed by atoms with Crippen LogP contribution in [0.15, 0.2) is 41.3 Å². The van der Waals surface area contributed by atoms with E-state index in [-0.39, 0.29) is 0 Å². The molecule has 0 radical (unpaired) electrons. The molecule has 0 saturated heterocycles. The third kappa shape index (κ3) is 1.99. The summed E-state index contributed by atoms with van der Waals surface area (Å²) < 4.78 is 0. The molecule has 2 aromatic carbocycles. The van der Waals surface area contributed by atoms with E-state index in [4.69, 9.17) is 11.5 Å². The highest BCUT2D eigenvalue weighted by Gasteiger charge is 2.02. The van der Waals surface area contributed by atoms with Gasteiger partial charge in [0.05, 0.1) is 0 Å². The molecule has 0 saturated carbocycles. The van der Waals surface area contributed by atoms with Gasteiger partial charge in [-0.15, -0.1) is 12.6 Å². The van der Waals surface area contributed by atoms with Crippen molar-refractivity contribution in [1.29, 1.82) is 0 Å². The average molecular weight is 230 g/mol. The summed E-state index contributed by atoms with van der Waals surface area (Å²) in [5.41, 5.74) is 16.3. The van der Waals surface area contributed by atoms with Gasteiger partial charge in [-0.25, -0.2) is 0 Å². The van der Waals surface area contributed by atoms with Crippen LogP contribution in [0.4, 0.5) is 11.4 Å². The number of thiol groups is 1. The minimum atomic E-state index is 0.694. The zero-order valence-corrected chi connectivity index (χ0v) is 9.96. The molecule has 2 aromatic rings. The highest BCUT2D eigenvalue weighted by Crippen LogP contribution is 2.27. The van der Waals surface area contributed by atoms with E-state index >= 15 is 0 Å². The number of hydrogen-bond acceptors (Lipinski definition) is 3. The van der Waals surface area contributed by atoms with Crippen molar-refractivity contribution in [2.45, 2.75) is 11.8 Å². The maximum atomic E-state index is 5.79. The maximum Gasteiger partial charge on any atom is 0.0450 e. The van der Waals surface area contributed by atoms with Crippen molar-refractivity contribution in [2.75, 3.05) is 11.5 Å². The first-order chi connectivity index (χ1) is 7.58. The first-order valence-electron chi connectivity index (χ1n) is 5.03. The van der Waals surface area contributed by atoms with E-state index < -0.39 is 0 Å². The van der Waals surface area contributed by atoms with Crippen LogP contribution >= 0.6 is 12.6 Å². The second-order valence-electron chi connectivity index (χ2n) is 3.84. The van der Waals surface area contributed by atoms with E-state index in [1.807, 2.05) is 37.3 Å². The second-order valence-corrected chi connectivity index (χ2v) is 4.33. The third-order valence-electron chi connectivity index (χ3n) is 2.63. The smallest absolute Gasteiger partial charge is 0.0450 e. The Morgan fingerprint density at radius 1 is 0.875 bits per heavy atom. The van der Waals surface area contributed by atoms with Gasteiger partial charge in [-0.1, -0.05) is 12.1 Å². The number of anilines is 2. The lowest BCUT2D eigenvalue weighted by Gasteiger charge is -2.07. The maximum absolute atomic E-state index is 5.79. The lowest BCUT2D eigenvalue weighted by Crippen LogP contribution is -1.90. The molecule has 0 aliphatic carbocycles. The van der Waals surface area contributed by atoms with Crippen LogP contribution in [0, 0.1) is 6.92 Å². The Bertz CT molecular complexity index is 486. The van der Waals surface area contributed by atoms with Gasteiger partial charge in [-0.2, -0.15) is 0 Å². The van der Waals surface area contributed by atoms with Crippen LogP contribution in [0.25, 0.3) is 11.1 Å². The van der Waals surface area contributed by atoms with Crippen LogP contribution < -0.4 is 11.5 Å². The largest absolute Gasteiger partial charge is 0.399 e. The Labute approximate surface area is 101 Å². The average Bonchev–Trinajstić information content (AvgIpc) is 2.26. The molecule has 0 amide bonds. The predicted octanol–water partition coefficient (Wildman–Crippen LogP) is 3.12. The number of benzene rings is 2. The topological polar surface area (TPSA) is 52.0 Å². The Morgan fingerprint density at radius 2 is 1.44 bits per heavy atom. The molecule has 0 bridgehead atoms. The van der Waals surface area contributed by atoms with Gasteiger partial charge in [-0.3, -0.25) is 0 Å². The van der Waals surface area contributed by atoms with E-state index in [0.717, 1.165) is 27.3 Å². The molecule has 2 rings (SSSR count). The van der Waals surface area contributed by atoms with Crippen molar-refractivity contribution >= 4 is 24.0 Å². The molecule has 0 aliphatic heterocycles. The normalized spacial score (nSPS) is 10.4. The summed E-state index contributed by atoms with van der Waals surface area (Å²) in [6.45, 7) is 2.00. The Kier molecular flexibility index (Phi) is 2.79. The van der Waals surface area contributed by atoms with E-state index in [9.17, 15) is 0 Å². The number of hydrogen-bond donors (Lipinski definition) is 3. The molecule has 0 fully saturated rings. The molecule has 16 heavy (non-hydrogen) atoms. The van der Waals surface area contributed by atoms with E-state index in [1.165, 1.54) is 0 Å². The minimum Gasteiger partial charge on any atom is -0.399 e. The second kappa shape index (κ2) is 4.10. The van der Waals surface area contributed by atoms with E-state index in [0.29, 0.717) is 5.69 Å². The quantitative estimate of drug-likeness (QED) is 0.521. The summed E-state index contributed by atoms with van der Waals surface area (Å²) in [5, 5.41) is 0. The van der Waals surface area contributed by atoms with Gasteiger partial charge in [0.15, 0.2) is 0 Å². The molecular weight excluding hydrogens is 216 g/mol. The fraction of sp³-hybridized carbons (Fsp3) is 0.0769. The number of nitrogens with two attached hydrogens (primary N) is 2. The van der Waals surface area contributed by atoms with Gasteiger partial charge in [-0.05, 0) is 47.9 Å². The van der Waals surface area contributed by atoms with Crippen LogP contribution in [0.2, 0.25) is 0 Å². The number of aryl methyl sites for hydroxylation is 1. The van der Waals surface area contributed by atoms with Gasteiger partial charge in [0.25, 0.3) is 0 Å². The van der Waals surface area contributed by atoms with Crippen molar-refractivity contribution in [2.24, 2.45) is 0 Å². The molecule has 0 unspecified atom stereocenters. The first kappa shape index (κ1) is 10.9. The molecule has 0 aromatic heterocycles. The predicted molar refractivity (Wildman–Crippen MR) is 72.7 cm³/mol. The van der Waals surface area contributed by atoms with Crippen LogP contribution in [-0.2, 0) is 0 Å². The molecule has 0 spiro atoms. The van der Waals surface area contributed by atoms with E-state index in [1.54, 1.807) is 0 Å². The highest BCUT2D eigenvalue weighted by molar-refractivity contribution is 7.80. The van der Waals surface area contributed by atoms with Crippen molar-refractivity contribution in [3.05, 3.63) is 42.0 Å². The van der Waals surface area contributed by atoms with Crippen molar-refractivity contribution in [3.63, 3.8) is 0 Å². The van der Waals surface area contributed by atoms with Crippen molar-refractivity contribution in [3.8, 4) is 11.1 Å². The summed E-state index contributed by atoms with van der Waals surface area (Å²) in [6, 6.07) is 11.8. The fourth-order valence-corrected chi connectivity index (χ4v) is 1.79. The summed E-state index contributed by atoms with van der Waals surface area (Å²) in [6.07, 6.45) is 0. The zero-order chi connectivity index (χ0) is 11.7. The fourth-order valence-electron chi connectivity index (χ4n) is 1.58. The van der Waals surface area contributed by atoms with E-state index in [2.05, 4.69) is 18.7 Å². The number of rotatable bonds is 1. The van der Waals surface area contributed by atoms with Crippen LogP contribution in [0.3, 0.4) is 0 Å². The summed E-state index contributed by atoms with van der Waals surface area (Å²) >= 11 is 4.31. The molecule has 4 N–H and O–H groups in total. The van der Waals surface area contributed by atoms with Crippen molar-refractivity contribution < 1.29 is 0 Å². The Balaban J connectivity index is 2.50. The van der Waals surface area contributed by atoms with Gasteiger partial charge in [0.1, 0.15) is 0 Å². The van der Waals surface area contributed by atoms with Crippen LogP contribution in [0.1, 0.15) is 5.56 Å².